The van der Waals surface area contributed by atoms with Crippen LogP contribution in [0.25, 0.3) is 0 Å². The lowest BCUT2D eigenvalue weighted by atomic mass is 9.91. The summed E-state index contributed by atoms with van der Waals surface area (Å²) >= 11 is 0. The van der Waals surface area contributed by atoms with E-state index in [0.717, 1.165) is 17.7 Å². The minimum absolute atomic E-state index is 0.0261. The molecule has 1 aromatic rings. The third-order valence-electron chi connectivity index (χ3n) is 3.68. The van der Waals surface area contributed by atoms with Crippen molar-refractivity contribution in [3.63, 3.8) is 0 Å². The van der Waals surface area contributed by atoms with E-state index in [2.05, 4.69) is 12.1 Å². The maximum Gasteiger partial charge on any atom is 0.119 e. The number of benzene rings is 1. The molecule has 0 aliphatic heterocycles. The van der Waals surface area contributed by atoms with Gasteiger partial charge in [-0.1, -0.05) is 36.6 Å². The highest BCUT2D eigenvalue weighted by atomic mass is 16.5. The van der Waals surface area contributed by atoms with Crippen LogP contribution in [0.1, 0.15) is 50.1 Å². The highest BCUT2D eigenvalue weighted by Gasteiger charge is 2.13. The highest BCUT2D eigenvalue weighted by molar-refractivity contribution is 5.34. The zero-order valence-electron chi connectivity index (χ0n) is 11.2. The van der Waals surface area contributed by atoms with Crippen molar-refractivity contribution >= 4 is 0 Å². The number of methoxy groups -OCH3 is 1. The van der Waals surface area contributed by atoms with Crippen LogP contribution in [0.3, 0.4) is 0 Å². The van der Waals surface area contributed by atoms with Crippen molar-refractivity contribution in [2.45, 2.75) is 44.6 Å². The number of rotatable bonds is 3. The van der Waals surface area contributed by atoms with Crippen LogP contribution in [0, 0.1) is 0 Å². The third-order valence-corrected chi connectivity index (χ3v) is 3.68. The fraction of sp³-hybridized carbons (Fsp3) is 0.500. The number of ether oxygens (including phenoxy) is 1. The summed E-state index contributed by atoms with van der Waals surface area (Å²) in [5.74, 6) is 0.884. The lowest BCUT2D eigenvalue weighted by molar-refractivity contribution is 0.414. The van der Waals surface area contributed by atoms with Crippen molar-refractivity contribution in [1.82, 2.24) is 0 Å². The molecule has 0 saturated carbocycles. The van der Waals surface area contributed by atoms with E-state index < -0.39 is 0 Å². The Morgan fingerprint density at radius 3 is 2.83 bits per heavy atom. The van der Waals surface area contributed by atoms with Gasteiger partial charge in [-0.2, -0.15) is 0 Å². The molecule has 0 bridgehead atoms. The largest absolute Gasteiger partial charge is 0.497 e. The molecule has 0 radical (unpaired) electrons. The van der Waals surface area contributed by atoms with Gasteiger partial charge in [0.25, 0.3) is 0 Å². The Bertz CT molecular complexity index is 411. The lowest BCUT2D eigenvalue weighted by Gasteiger charge is -2.19. The van der Waals surface area contributed by atoms with E-state index in [9.17, 15) is 0 Å². The monoisotopic (exact) mass is 245 g/mol. The zero-order chi connectivity index (χ0) is 12.8. The topological polar surface area (TPSA) is 35.2 Å². The van der Waals surface area contributed by atoms with E-state index in [4.69, 9.17) is 10.5 Å². The third kappa shape index (κ3) is 3.36. The van der Waals surface area contributed by atoms with Crippen molar-refractivity contribution < 1.29 is 4.74 Å². The molecule has 2 nitrogen and oxygen atoms in total. The predicted molar refractivity (Wildman–Crippen MR) is 75.7 cm³/mol. The summed E-state index contributed by atoms with van der Waals surface area (Å²) in [5.41, 5.74) is 8.94. The molecule has 1 aromatic carbocycles. The van der Waals surface area contributed by atoms with Crippen molar-refractivity contribution in [1.29, 1.82) is 0 Å². The Morgan fingerprint density at radius 1 is 1.17 bits per heavy atom. The van der Waals surface area contributed by atoms with E-state index in [1.54, 1.807) is 7.11 Å². The summed E-state index contributed by atoms with van der Waals surface area (Å²) in [6, 6.07) is 8.13. The summed E-state index contributed by atoms with van der Waals surface area (Å²) in [7, 11) is 1.69. The number of nitrogens with two attached hydrogens (primary N) is 1. The first-order chi connectivity index (χ1) is 8.81. The molecule has 0 amide bonds. The van der Waals surface area contributed by atoms with Crippen LogP contribution < -0.4 is 10.5 Å². The maximum atomic E-state index is 6.39. The normalized spacial score (nSPS) is 21.3. The zero-order valence-corrected chi connectivity index (χ0v) is 11.2. The molecule has 1 aliphatic carbocycles. The van der Waals surface area contributed by atoms with E-state index in [1.807, 2.05) is 18.2 Å². The molecule has 18 heavy (non-hydrogen) atoms. The first-order valence-electron chi connectivity index (χ1n) is 6.89. The van der Waals surface area contributed by atoms with E-state index in [1.165, 1.54) is 37.7 Å². The smallest absolute Gasteiger partial charge is 0.119 e. The second-order valence-electron chi connectivity index (χ2n) is 4.99. The molecule has 1 unspecified atom stereocenters. The van der Waals surface area contributed by atoms with Crippen LogP contribution in [-0.2, 0) is 0 Å². The molecule has 0 aromatic heterocycles. The molecule has 0 saturated heterocycles. The molecular formula is C16H23NO. The Labute approximate surface area is 110 Å². The van der Waals surface area contributed by atoms with Gasteiger partial charge in [0, 0.05) is 0 Å². The van der Waals surface area contributed by atoms with Crippen LogP contribution in [0.15, 0.2) is 35.9 Å². The van der Waals surface area contributed by atoms with Gasteiger partial charge in [-0.05, 0) is 43.4 Å². The van der Waals surface area contributed by atoms with Crippen molar-refractivity contribution in [3.8, 4) is 5.75 Å². The minimum Gasteiger partial charge on any atom is -0.497 e. The fourth-order valence-corrected chi connectivity index (χ4v) is 2.55. The second kappa shape index (κ2) is 6.60. The maximum absolute atomic E-state index is 6.39. The second-order valence-corrected chi connectivity index (χ2v) is 4.99. The van der Waals surface area contributed by atoms with Crippen molar-refractivity contribution in [2.24, 2.45) is 5.73 Å². The molecule has 2 N–H and O–H groups in total. The first-order valence-corrected chi connectivity index (χ1v) is 6.89. The van der Waals surface area contributed by atoms with Gasteiger partial charge >= 0.3 is 0 Å². The predicted octanol–water partition coefficient (Wildman–Crippen LogP) is 3.98. The van der Waals surface area contributed by atoms with E-state index >= 15 is 0 Å². The van der Waals surface area contributed by atoms with E-state index in [0.29, 0.717) is 0 Å². The molecule has 2 rings (SSSR count). The molecule has 0 fully saturated rings. The van der Waals surface area contributed by atoms with Gasteiger partial charge in [0.05, 0.1) is 13.2 Å². The number of hydrogen-bond acceptors (Lipinski definition) is 2. The Morgan fingerprint density at radius 2 is 2.00 bits per heavy atom. The average molecular weight is 245 g/mol. The molecule has 98 valence electrons. The van der Waals surface area contributed by atoms with Gasteiger partial charge in [-0.25, -0.2) is 0 Å². The quantitative estimate of drug-likeness (QED) is 0.818. The van der Waals surface area contributed by atoms with Gasteiger partial charge in [-0.15, -0.1) is 0 Å². The molecule has 0 heterocycles. The van der Waals surface area contributed by atoms with Crippen molar-refractivity contribution in [2.75, 3.05) is 7.11 Å². The lowest BCUT2D eigenvalue weighted by Crippen LogP contribution is -2.14. The van der Waals surface area contributed by atoms with Gasteiger partial charge in [0.15, 0.2) is 0 Å². The van der Waals surface area contributed by atoms with Crippen LogP contribution in [0.4, 0.5) is 0 Å². The average Bonchev–Trinajstić information content (AvgIpc) is 2.38. The van der Waals surface area contributed by atoms with Gasteiger partial charge in [0.1, 0.15) is 5.75 Å². The van der Waals surface area contributed by atoms with Crippen LogP contribution >= 0.6 is 0 Å². The molecule has 0 spiro atoms. The van der Waals surface area contributed by atoms with Crippen molar-refractivity contribution in [3.05, 3.63) is 41.5 Å². The highest BCUT2D eigenvalue weighted by Crippen LogP contribution is 2.28. The summed E-state index contributed by atoms with van der Waals surface area (Å²) in [6.45, 7) is 0. The summed E-state index contributed by atoms with van der Waals surface area (Å²) in [6.07, 6.45) is 9.92. The Hall–Kier alpha value is -1.28. The summed E-state index contributed by atoms with van der Waals surface area (Å²) in [4.78, 5) is 0. The number of allylic oxidation sites excluding steroid dienone is 1. The Kier molecular flexibility index (Phi) is 4.82. The van der Waals surface area contributed by atoms with Crippen LogP contribution in [0.5, 0.6) is 5.75 Å². The molecule has 2 heteroatoms. The molecular weight excluding hydrogens is 222 g/mol. The fourth-order valence-electron chi connectivity index (χ4n) is 2.55. The Balaban J connectivity index is 2.15. The van der Waals surface area contributed by atoms with Gasteiger partial charge in [-0.3, -0.25) is 0 Å². The molecule has 1 atom stereocenters. The number of hydrogen-bond donors (Lipinski definition) is 1. The van der Waals surface area contributed by atoms with Gasteiger partial charge in [0.2, 0.25) is 0 Å². The summed E-state index contributed by atoms with van der Waals surface area (Å²) < 4.78 is 5.26. The van der Waals surface area contributed by atoms with Gasteiger partial charge < -0.3 is 10.5 Å². The molecule has 1 aliphatic rings. The van der Waals surface area contributed by atoms with E-state index in [-0.39, 0.29) is 6.04 Å². The van der Waals surface area contributed by atoms with Crippen LogP contribution in [-0.4, -0.2) is 7.11 Å². The SMILES string of the molecule is COc1cccc(C(N)/C2=C/CCCCCC2)c1. The summed E-state index contributed by atoms with van der Waals surface area (Å²) in [5, 5.41) is 0. The standard InChI is InChI=1S/C16H23NO/c1-18-15-11-7-10-14(12-15)16(17)13-8-5-3-2-4-6-9-13/h7-8,10-12,16H,2-6,9,17H2,1H3/b13-8+. The minimum atomic E-state index is 0.0261. The van der Waals surface area contributed by atoms with Crippen LogP contribution in [0.2, 0.25) is 0 Å². The first kappa shape index (κ1) is 13.2.